The quantitative estimate of drug-likeness (QED) is 0.595. The summed E-state index contributed by atoms with van der Waals surface area (Å²) in [5, 5.41) is 0.628. The highest BCUT2D eigenvalue weighted by molar-refractivity contribution is 6.30. The number of ether oxygens (including phenoxy) is 1. The molecule has 1 heterocycles. The number of esters is 1. The molecule has 0 unspecified atom stereocenters. The molecule has 0 atom stereocenters. The van der Waals surface area contributed by atoms with Crippen LogP contribution in [0.4, 0.5) is 0 Å². The molecule has 1 aliphatic rings. The van der Waals surface area contributed by atoms with Gasteiger partial charge < -0.3 is 4.74 Å². The van der Waals surface area contributed by atoms with Gasteiger partial charge in [-0.2, -0.15) is 0 Å². The van der Waals surface area contributed by atoms with E-state index in [1.54, 1.807) is 36.4 Å². The molecule has 17 heavy (non-hydrogen) atoms. The van der Waals surface area contributed by atoms with E-state index in [4.69, 9.17) is 16.3 Å². The van der Waals surface area contributed by atoms with Crippen molar-refractivity contribution in [2.24, 2.45) is 4.99 Å². The molecule has 86 valence electrons. The maximum absolute atomic E-state index is 11.5. The summed E-state index contributed by atoms with van der Waals surface area (Å²) in [4.78, 5) is 15.6. The summed E-state index contributed by atoms with van der Waals surface area (Å²) in [6.07, 6.45) is 5.17. The molecule has 1 aromatic rings. The van der Waals surface area contributed by atoms with Crippen molar-refractivity contribution in [1.82, 2.24) is 0 Å². The molecule has 4 heteroatoms. The van der Waals surface area contributed by atoms with Crippen LogP contribution in [0.3, 0.4) is 0 Å². The van der Waals surface area contributed by atoms with Gasteiger partial charge in [-0.25, -0.2) is 9.79 Å². The van der Waals surface area contributed by atoms with E-state index in [9.17, 15) is 4.79 Å². The second-order valence-electron chi connectivity index (χ2n) is 3.39. The van der Waals surface area contributed by atoms with Crippen molar-refractivity contribution in [2.45, 2.75) is 6.92 Å². The van der Waals surface area contributed by atoms with Gasteiger partial charge in [-0.15, -0.1) is 0 Å². The number of carbonyl (C=O) groups is 1. The lowest BCUT2D eigenvalue weighted by Gasteiger charge is -1.98. The molecule has 0 aromatic heterocycles. The average Bonchev–Trinajstić information content (AvgIpc) is 2.69. The number of nitrogens with zero attached hydrogens (tertiary/aromatic N) is 1. The fraction of sp³-hybridized carbons (Fsp3) is 0.0769. The molecule has 0 radical (unpaired) electrons. The van der Waals surface area contributed by atoms with Crippen molar-refractivity contribution in [3.05, 3.63) is 58.8 Å². The number of halogens is 1. The lowest BCUT2D eigenvalue weighted by atomic mass is 10.2. The summed E-state index contributed by atoms with van der Waals surface area (Å²) < 4.78 is 5.06. The molecule has 0 fully saturated rings. The number of carbonyl (C=O) groups excluding carboxylic acids is 1. The maximum Gasteiger partial charge on any atom is 0.363 e. The van der Waals surface area contributed by atoms with E-state index >= 15 is 0 Å². The molecule has 1 aromatic carbocycles. The number of cyclic esters (lactones) is 1. The van der Waals surface area contributed by atoms with Crippen LogP contribution in [0.5, 0.6) is 0 Å². The largest absolute Gasteiger partial charge is 0.402 e. The smallest absolute Gasteiger partial charge is 0.363 e. The van der Waals surface area contributed by atoms with Gasteiger partial charge in [0.15, 0.2) is 5.70 Å². The van der Waals surface area contributed by atoms with E-state index in [-0.39, 0.29) is 0 Å². The van der Waals surface area contributed by atoms with Crippen LogP contribution in [0.15, 0.2) is 53.2 Å². The van der Waals surface area contributed by atoms with Crippen LogP contribution in [0, 0.1) is 0 Å². The molecular formula is C13H10ClNO2. The van der Waals surface area contributed by atoms with Crippen LogP contribution in [-0.4, -0.2) is 11.9 Å². The summed E-state index contributed by atoms with van der Waals surface area (Å²) in [7, 11) is 0. The van der Waals surface area contributed by atoms with Crippen molar-refractivity contribution in [1.29, 1.82) is 0 Å². The van der Waals surface area contributed by atoms with Gasteiger partial charge in [-0.3, -0.25) is 0 Å². The first-order valence-electron chi connectivity index (χ1n) is 5.10. The first-order valence-corrected chi connectivity index (χ1v) is 5.48. The minimum absolute atomic E-state index is 0.299. The number of allylic oxidation sites excluding steroid dienone is 3. The lowest BCUT2D eigenvalue weighted by Crippen LogP contribution is -2.04. The highest BCUT2D eigenvalue weighted by Gasteiger charge is 2.23. The molecule has 0 aliphatic carbocycles. The van der Waals surface area contributed by atoms with E-state index in [2.05, 4.69) is 4.99 Å². The number of benzene rings is 1. The third-order valence-corrected chi connectivity index (χ3v) is 2.41. The van der Waals surface area contributed by atoms with Gasteiger partial charge in [-0.05, 0) is 37.3 Å². The van der Waals surface area contributed by atoms with Crippen molar-refractivity contribution in [3.8, 4) is 0 Å². The predicted octanol–water partition coefficient (Wildman–Crippen LogP) is 3.10. The van der Waals surface area contributed by atoms with Crippen molar-refractivity contribution in [3.63, 3.8) is 0 Å². The summed E-state index contributed by atoms with van der Waals surface area (Å²) in [6.45, 7) is 1.86. The van der Waals surface area contributed by atoms with Gasteiger partial charge in [0.1, 0.15) is 0 Å². The Morgan fingerprint density at radius 2 is 2.00 bits per heavy atom. The van der Waals surface area contributed by atoms with E-state index < -0.39 is 5.97 Å². The van der Waals surface area contributed by atoms with Crippen LogP contribution in [0.1, 0.15) is 12.5 Å². The average molecular weight is 248 g/mol. The molecule has 3 nitrogen and oxygen atoms in total. The second-order valence-corrected chi connectivity index (χ2v) is 3.83. The fourth-order valence-electron chi connectivity index (χ4n) is 1.33. The molecule has 1 aliphatic heterocycles. The number of aliphatic imine (C=N–C) groups is 1. The van der Waals surface area contributed by atoms with Crippen LogP contribution in [-0.2, 0) is 9.53 Å². The third kappa shape index (κ3) is 2.63. The highest BCUT2D eigenvalue weighted by atomic mass is 35.5. The van der Waals surface area contributed by atoms with Gasteiger partial charge in [-0.1, -0.05) is 23.8 Å². The van der Waals surface area contributed by atoms with Crippen molar-refractivity contribution < 1.29 is 9.53 Å². The van der Waals surface area contributed by atoms with Gasteiger partial charge in [0.25, 0.3) is 0 Å². The van der Waals surface area contributed by atoms with Gasteiger partial charge in [0, 0.05) is 10.6 Å². The second kappa shape index (κ2) is 4.97. The molecule has 0 amide bonds. The number of rotatable bonds is 2. The Hall–Kier alpha value is -1.87. The minimum Gasteiger partial charge on any atom is -0.402 e. The van der Waals surface area contributed by atoms with Crippen LogP contribution in [0.25, 0.3) is 0 Å². The van der Waals surface area contributed by atoms with Crippen molar-refractivity contribution >= 4 is 23.5 Å². The van der Waals surface area contributed by atoms with Gasteiger partial charge >= 0.3 is 5.97 Å². The van der Waals surface area contributed by atoms with Crippen LogP contribution in [0.2, 0.25) is 5.02 Å². The normalized spacial score (nSPS) is 17.6. The molecular weight excluding hydrogens is 238 g/mol. The highest BCUT2D eigenvalue weighted by Crippen LogP contribution is 2.18. The lowest BCUT2D eigenvalue weighted by molar-refractivity contribution is -0.130. The Morgan fingerprint density at radius 1 is 1.29 bits per heavy atom. The fourth-order valence-corrected chi connectivity index (χ4v) is 1.45. The van der Waals surface area contributed by atoms with Gasteiger partial charge in [0.2, 0.25) is 5.90 Å². The van der Waals surface area contributed by atoms with Crippen LogP contribution < -0.4 is 0 Å². The minimum atomic E-state index is -0.437. The van der Waals surface area contributed by atoms with E-state index in [1.807, 2.05) is 13.0 Å². The molecule has 0 bridgehead atoms. The van der Waals surface area contributed by atoms with E-state index in [1.165, 1.54) is 0 Å². The number of hydrogen-bond donors (Lipinski definition) is 0. The van der Waals surface area contributed by atoms with Crippen LogP contribution >= 0.6 is 11.6 Å². The zero-order chi connectivity index (χ0) is 12.3. The molecule has 0 saturated carbocycles. The first kappa shape index (κ1) is 11.6. The predicted molar refractivity (Wildman–Crippen MR) is 67.0 cm³/mol. The summed E-state index contributed by atoms with van der Waals surface area (Å²) in [5.74, 6) is -0.129. The molecule has 0 N–H and O–H groups in total. The molecule has 0 saturated heterocycles. The monoisotopic (exact) mass is 247 g/mol. The van der Waals surface area contributed by atoms with E-state index in [0.717, 1.165) is 5.56 Å². The first-order chi connectivity index (χ1) is 8.20. The Bertz CT molecular complexity index is 527. The summed E-state index contributed by atoms with van der Waals surface area (Å²) in [6, 6.07) is 6.96. The topological polar surface area (TPSA) is 38.7 Å². The number of hydrogen-bond acceptors (Lipinski definition) is 3. The SMILES string of the molecule is CC=CC=C1N=C(c2ccc(Cl)cc2)OC1=O. The Kier molecular flexibility index (Phi) is 3.40. The van der Waals surface area contributed by atoms with Gasteiger partial charge in [0.05, 0.1) is 0 Å². The standard InChI is InChI=1S/C13H10ClNO2/c1-2-3-4-11-13(16)17-12(15-11)9-5-7-10(14)8-6-9/h2-8H,1H3. The summed E-state index contributed by atoms with van der Waals surface area (Å²) in [5.41, 5.74) is 1.03. The third-order valence-electron chi connectivity index (χ3n) is 2.16. The molecule has 0 spiro atoms. The maximum atomic E-state index is 11.5. The van der Waals surface area contributed by atoms with Crippen molar-refractivity contribution in [2.75, 3.05) is 0 Å². The zero-order valence-corrected chi connectivity index (χ0v) is 9.94. The summed E-state index contributed by atoms with van der Waals surface area (Å²) >= 11 is 5.78. The Balaban J connectivity index is 2.30. The Morgan fingerprint density at radius 3 is 2.65 bits per heavy atom. The Labute approximate surface area is 104 Å². The zero-order valence-electron chi connectivity index (χ0n) is 9.18. The van der Waals surface area contributed by atoms with E-state index in [0.29, 0.717) is 16.6 Å². The molecule has 2 rings (SSSR count).